The molecule has 0 amide bonds. The second-order valence-corrected chi connectivity index (χ2v) is 8.79. The van der Waals surface area contributed by atoms with Gasteiger partial charge in [0.15, 0.2) is 0 Å². The van der Waals surface area contributed by atoms with Crippen LogP contribution in [0.15, 0.2) is 78.5 Å². The topological polar surface area (TPSA) is 103 Å². The molecule has 0 saturated carbocycles. The van der Waals surface area contributed by atoms with Crippen LogP contribution in [-0.2, 0) is 11.2 Å². The van der Waals surface area contributed by atoms with Crippen molar-refractivity contribution in [1.29, 1.82) is 0 Å². The van der Waals surface area contributed by atoms with E-state index in [-0.39, 0.29) is 18.2 Å². The molecule has 8 heteroatoms. The summed E-state index contributed by atoms with van der Waals surface area (Å²) in [7, 11) is 0. The maximum atomic E-state index is 13.6. The van der Waals surface area contributed by atoms with Gasteiger partial charge in [-0.05, 0) is 41.5 Å². The molecule has 2 aromatic carbocycles. The van der Waals surface area contributed by atoms with Crippen LogP contribution in [-0.4, -0.2) is 48.9 Å². The maximum absolute atomic E-state index is 13.6. The first-order valence-electron chi connectivity index (χ1n) is 11.6. The van der Waals surface area contributed by atoms with E-state index in [2.05, 4.69) is 26.0 Å². The zero-order chi connectivity index (χ0) is 23.8. The number of rotatable bonds is 4. The molecule has 6 rings (SSSR count). The average molecular weight is 466 g/mol. The molecule has 0 bridgehead atoms. The molecule has 1 fully saturated rings. The second-order valence-electron chi connectivity index (χ2n) is 8.79. The predicted molar refractivity (Wildman–Crippen MR) is 132 cm³/mol. The lowest BCUT2D eigenvalue weighted by atomic mass is 9.96. The Morgan fingerprint density at radius 1 is 1.00 bits per heavy atom. The fourth-order valence-electron chi connectivity index (χ4n) is 4.82. The number of fused-ring (bicyclic) bond motifs is 3. The van der Waals surface area contributed by atoms with E-state index in [1.54, 1.807) is 23.3 Å². The lowest BCUT2D eigenvalue weighted by molar-refractivity contribution is -0.0395. The van der Waals surface area contributed by atoms with Crippen molar-refractivity contribution in [3.8, 4) is 11.3 Å². The smallest absolute Gasteiger partial charge is 0.261 e. The summed E-state index contributed by atoms with van der Waals surface area (Å²) in [6, 6.07) is 13.6. The molecule has 0 spiro atoms. The Morgan fingerprint density at radius 3 is 2.60 bits per heavy atom. The zero-order valence-corrected chi connectivity index (χ0v) is 18.9. The van der Waals surface area contributed by atoms with Gasteiger partial charge in [-0.25, -0.2) is 15.0 Å². The molecule has 5 aromatic rings. The molecule has 2 atom stereocenters. The van der Waals surface area contributed by atoms with Crippen molar-refractivity contribution in [1.82, 2.24) is 24.5 Å². The van der Waals surface area contributed by atoms with Gasteiger partial charge in [-0.15, -0.1) is 0 Å². The molecule has 1 saturated heterocycles. The molecule has 4 heterocycles. The molecular formula is C27H23N5O3. The van der Waals surface area contributed by atoms with E-state index in [1.165, 1.54) is 6.33 Å². The first-order chi connectivity index (χ1) is 17.2. The van der Waals surface area contributed by atoms with E-state index in [0.29, 0.717) is 30.4 Å². The van der Waals surface area contributed by atoms with Gasteiger partial charge in [0.1, 0.15) is 6.33 Å². The molecule has 35 heavy (non-hydrogen) atoms. The van der Waals surface area contributed by atoms with Crippen molar-refractivity contribution in [2.24, 2.45) is 0 Å². The monoisotopic (exact) mass is 465 g/mol. The first kappa shape index (κ1) is 21.5. The minimum atomic E-state index is -0.736. The number of hydrogen-bond donors (Lipinski definition) is 1. The van der Waals surface area contributed by atoms with Crippen LogP contribution in [0.25, 0.3) is 32.9 Å². The number of pyridine rings is 1. The Kier molecular flexibility index (Phi) is 5.52. The number of hydrogen-bond acceptors (Lipinski definition) is 7. The Morgan fingerprint density at radius 2 is 1.83 bits per heavy atom. The van der Waals surface area contributed by atoms with Gasteiger partial charge in [0.05, 0.1) is 41.7 Å². The summed E-state index contributed by atoms with van der Waals surface area (Å²) in [6.45, 7) is 0.726. The third kappa shape index (κ3) is 3.96. The highest BCUT2D eigenvalue weighted by Gasteiger charge is 2.27. The summed E-state index contributed by atoms with van der Waals surface area (Å²) >= 11 is 0. The van der Waals surface area contributed by atoms with Crippen molar-refractivity contribution in [3.63, 3.8) is 0 Å². The summed E-state index contributed by atoms with van der Waals surface area (Å²) in [6.07, 6.45) is 8.82. The van der Waals surface area contributed by atoms with Crippen LogP contribution in [0.1, 0.15) is 23.6 Å². The number of ether oxygens (including phenoxy) is 1. The summed E-state index contributed by atoms with van der Waals surface area (Å²) in [5, 5.41) is 12.9. The van der Waals surface area contributed by atoms with E-state index in [0.717, 1.165) is 33.2 Å². The van der Waals surface area contributed by atoms with Gasteiger partial charge >= 0.3 is 0 Å². The van der Waals surface area contributed by atoms with E-state index in [4.69, 9.17) is 4.74 Å². The SMILES string of the molecule is O=c1c2cc(Cc3ccc(-c4cncnc4)nc3)c3ccccc3c2ncn1[C@H]1CCOC[C@@H]1O. The van der Waals surface area contributed by atoms with Crippen LogP contribution < -0.4 is 5.56 Å². The molecule has 0 unspecified atom stereocenters. The fraction of sp³-hybridized carbons (Fsp3) is 0.222. The Balaban J connectivity index is 1.44. The van der Waals surface area contributed by atoms with Gasteiger partial charge in [-0.1, -0.05) is 30.3 Å². The second kappa shape index (κ2) is 8.98. The molecule has 8 nitrogen and oxygen atoms in total. The molecule has 174 valence electrons. The van der Waals surface area contributed by atoms with Crippen LogP contribution in [0.5, 0.6) is 0 Å². The average Bonchev–Trinajstić information content (AvgIpc) is 2.91. The van der Waals surface area contributed by atoms with Gasteiger partial charge in [0.2, 0.25) is 0 Å². The molecule has 0 radical (unpaired) electrons. The molecule has 1 N–H and O–H groups in total. The largest absolute Gasteiger partial charge is 0.389 e. The lowest BCUT2D eigenvalue weighted by Crippen LogP contribution is -2.39. The van der Waals surface area contributed by atoms with Gasteiger partial charge < -0.3 is 9.84 Å². The van der Waals surface area contributed by atoms with Gasteiger partial charge in [-0.2, -0.15) is 0 Å². The summed E-state index contributed by atoms with van der Waals surface area (Å²) < 4.78 is 6.90. The van der Waals surface area contributed by atoms with E-state index >= 15 is 0 Å². The number of benzene rings is 2. The zero-order valence-electron chi connectivity index (χ0n) is 18.9. The number of aliphatic hydroxyl groups excluding tert-OH is 1. The van der Waals surface area contributed by atoms with Crippen molar-refractivity contribution in [2.45, 2.75) is 25.0 Å². The lowest BCUT2D eigenvalue weighted by Gasteiger charge is -2.29. The molecular weight excluding hydrogens is 442 g/mol. The maximum Gasteiger partial charge on any atom is 0.261 e. The standard InChI is InChI=1S/C27H23N5O3/c33-25-14-35-8-7-24(25)32-16-31-26-21-4-2-1-3-20(21)18(10-22(26)27(32)34)9-17-5-6-23(30-11-17)19-12-28-15-29-13-19/h1-6,10-13,15-16,24-25,33H,7-9,14H2/t24-,25-/m0/s1. The van der Waals surface area contributed by atoms with Gasteiger partial charge in [0.25, 0.3) is 5.56 Å². The molecule has 3 aromatic heterocycles. The van der Waals surface area contributed by atoms with E-state index in [9.17, 15) is 9.90 Å². The Bertz CT molecular complexity index is 1570. The minimum absolute atomic E-state index is 0.148. The van der Waals surface area contributed by atoms with E-state index < -0.39 is 6.10 Å². The normalized spacial score (nSPS) is 18.2. The predicted octanol–water partition coefficient (Wildman–Crippen LogP) is 3.31. The summed E-state index contributed by atoms with van der Waals surface area (Å²) in [5.41, 5.74) is 4.24. The number of aromatic nitrogens is 5. The third-order valence-corrected chi connectivity index (χ3v) is 6.60. The highest BCUT2D eigenvalue weighted by Crippen LogP contribution is 2.29. The van der Waals surface area contributed by atoms with Crippen molar-refractivity contribution < 1.29 is 9.84 Å². The molecule has 0 aliphatic carbocycles. The van der Waals surface area contributed by atoms with Crippen molar-refractivity contribution in [3.05, 3.63) is 95.2 Å². The van der Waals surface area contributed by atoms with Crippen molar-refractivity contribution >= 4 is 21.7 Å². The van der Waals surface area contributed by atoms with E-state index in [1.807, 2.05) is 42.6 Å². The molecule has 1 aliphatic rings. The van der Waals surface area contributed by atoms with Crippen LogP contribution in [0.2, 0.25) is 0 Å². The highest BCUT2D eigenvalue weighted by molar-refractivity contribution is 6.06. The summed E-state index contributed by atoms with van der Waals surface area (Å²) in [4.78, 5) is 30.9. The van der Waals surface area contributed by atoms with Gasteiger partial charge in [0, 0.05) is 36.1 Å². The Hall–Kier alpha value is -4.01. The molecule has 1 aliphatic heterocycles. The summed E-state index contributed by atoms with van der Waals surface area (Å²) in [5.74, 6) is 0. The first-order valence-corrected chi connectivity index (χ1v) is 11.6. The highest BCUT2D eigenvalue weighted by atomic mass is 16.5. The van der Waals surface area contributed by atoms with Crippen LogP contribution in [0.4, 0.5) is 0 Å². The minimum Gasteiger partial charge on any atom is -0.389 e. The van der Waals surface area contributed by atoms with Crippen molar-refractivity contribution in [2.75, 3.05) is 13.2 Å². The van der Waals surface area contributed by atoms with Gasteiger partial charge in [-0.3, -0.25) is 14.3 Å². The van der Waals surface area contributed by atoms with Crippen LogP contribution >= 0.6 is 0 Å². The van der Waals surface area contributed by atoms with Crippen LogP contribution in [0.3, 0.4) is 0 Å². The number of nitrogens with zero attached hydrogens (tertiary/aromatic N) is 5. The fourth-order valence-corrected chi connectivity index (χ4v) is 4.82. The third-order valence-electron chi connectivity index (χ3n) is 6.60. The number of aliphatic hydroxyl groups is 1. The Labute approximate surface area is 200 Å². The van der Waals surface area contributed by atoms with Crippen LogP contribution in [0, 0.1) is 0 Å². The quantitative estimate of drug-likeness (QED) is 0.406.